The van der Waals surface area contributed by atoms with E-state index in [1.54, 1.807) is 36.0 Å². The summed E-state index contributed by atoms with van der Waals surface area (Å²) in [7, 11) is 0. The van der Waals surface area contributed by atoms with Crippen molar-refractivity contribution in [2.75, 3.05) is 11.1 Å². The Balaban J connectivity index is 1.46. The second-order valence-electron chi connectivity index (χ2n) is 5.28. The molecule has 0 saturated carbocycles. The van der Waals surface area contributed by atoms with Crippen molar-refractivity contribution in [3.05, 3.63) is 70.7 Å². The molecule has 0 bridgehead atoms. The number of aromatic nitrogens is 2. The lowest BCUT2D eigenvalue weighted by Gasteiger charge is -2.01. The molecule has 0 saturated heterocycles. The van der Waals surface area contributed by atoms with Crippen molar-refractivity contribution in [1.82, 2.24) is 10.2 Å². The summed E-state index contributed by atoms with van der Waals surface area (Å²) < 4.78 is 0.856. The largest absolute Gasteiger partial charge is 0.296 e. The zero-order valence-electron chi connectivity index (χ0n) is 13.3. The molecular weight excluding hydrogens is 374 g/mol. The predicted octanol–water partition coefficient (Wildman–Crippen LogP) is 5.17. The normalized spacial score (nSPS) is 10.6. The smallest absolute Gasteiger partial charge is 0.257 e. The van der Waals surface area contributed by atoms with Gasteiger partial charge in [-0.2, -0.15) is 0 Å². The first-order chi connectivity index (χ1) is 12.2. The molecule has 1 heterocycles. The molecule has 0 atom stereocenters. The first-order valence-electron chi connectivity index (χ1n) is 7.78. The SMILES string of the molecule is O=C(Nc1nnc(SCCCc2ccccc2)s1)c1cccc(Cl)c1. The van der Waals surface area contributed by atoms with E-state index in [9.17, 15) is 4.79 Å². The number of hydrogen-bond donors (Lipinski definition) is 1. The van der Waals surface area contributed by atoms with Gasteiger partial charge in [-0.25, -0.2) is 0 Å². The molecule has 0 aliphatic carbocycles. The molecule has 0 radical (unpaired) electrons. The van der Waals surface area contributed by atoms with Crippen LogP contribution in [0, 0.1) is 0 Å². The Bertz CT molecular complexity index is 839. The van der Waals surface area contributed by atoms with Crippen LogP contribution in [-0.4, -0.2) is 21.9 Å². The van der Waals surface area contributed by atoms with Crippen LogP contribution in [0.15, 0.2) is 58.9 Å². The standard InChI is InChI=1S/C18H16ClN3OS2/c19-15-10-4-9-14(12-15)16(23)20-17-21-22-18(25-17)24-11-5-8-13-6-2-1-3-7-13/h1-4,6-7,9-10,12H,5,8,11H2,(H,20,21,23). The van der Waals surface area contributed by atoms with Crippen LogP contribution in [-0.2, 0) is 6.42 Å². The minimum absolute atomic E-state index is 0.237. The van der Waals surface area contributed by atoms with E-state index in [0.717, 1.165) is 22.9 Å². The second-order valence-corrected chi connectivity index (χ2v) is 8.03. The zero-order valence-corrected chi connectivity index (χ0v) is 15.7. The molecule has 0 aliphatic heterocycles. The van der Waals surface area contributed by atoms with Crippen molar-refractivity contribution >= 4 is 45.7 Å². The summed E-state index contributed by atoms with van der Waals surface area (Å²) >= 11 is 8.94. The maximum atomic E-state index is 12.2. The van der Waals surface area contributed by atoms with Crippen molar-refractivity contribution in [3.8, 4) is 0 Å². The Kier molecular flexibility index (Phi) is 6.44. The monoisotopic (exact) mass is 389 g/mol. The summed E-state index contributed by atoms with van der Waals surface area (Å²) in [6.45, 7) is 0. The fourth-order valence-corrected chi connectivity index (χ4v) is 4.15. The molecule has 1 amide bonds. The van der Waals surface area contributed by atoms with Gasteiger partial charge in [-0.05, 0) is 36.6 Å². The third-order valence-corrected chi connectivity index (χ3v) is 5.69. The van der Waals surface area contributed by atoms with Crippen LogP contribution in [0.5, 0.6) is 0 Å². The van der Waals surface area contributed by atoms with Crippen molar-refractivity contribution < 1.29 is 4.79 Å². The van der Waals surface area contributed by atoms with Gasteiger partial charge in [-0.15, -0.1) is 10.2 Å². The van der Waals surface area contributed by atoms with Gasteiger partial charge in [0, 0.05) is 16.3 Å². The maximum Gasteiger partial charge on any atom is 0.257 e. The lowest BCUT2D eigenvalue weighted by atomic mass is 10.1. The Morgan fingerprint density at radius 3 is 2.76 bits per heavy atom. The molecule has 0 spiro atoms. The van der Waals surface area contributed by atoms with Crippen molar-refractivity contribution in [2.24, 2.45) is 0 Å². The van der Waals surface area contributed by atoms with E-state index in [4.69, 9.17) is 11.6 Å². The van der Waals surface area contributed by atoms with Crippen LogP contribution in [0.2, 0.25) is 5.02 Å². The van der Waals surface area contributed by atoms with Crippen LogP contribution in [0.4, 0.5) is 5.13 Å². The van der Waals surface area contributed by atoms with Gasteiger partial charge in [0.1, 0.15) is 0 Å². The molecule has 25 heavy (non-hydrogen) atoms. The first-order valence-corrected chi connectivity index (χ1v) is 9.96. The molecule has 3 rings (SSSR count). The average Bonchev–Trinajstić information content (AvgIpc) is 3.07. The zero-order chi connectivity index (χ0) is 17.5. The molecule has 0 fully saturated rings. The van der Waals surface area contributed by atoms with E-state index in [1.165, 1.54) is 16.9 Å². The van der Waals surface area contributed by atoms with Crippen molar-refractivity contribution in [1.29, 1.82) is 0 Å². The Morgan fingerprint density at radius 1 is 1.12 bits per heavy atom. The second kappa shape index (κ2) is 8.99. The molecule has 7 heteroatoms. The highest BCUT2D eigenvalue weighted by atomic mass is 35.5. The summed E-state index contributed by atoms with van der Waals surface area (Å²) in [5.41, 5.74) is 1.84. The van der Waals surface area contributed by atoms with E-state index in [1.807, 2.05) is 6.07 Å². The molecule has 0 unspecified atom stereocenters. The number of carbonyl (C=O) groups excluding carboxylic acids is 1. The summed E-state index contributed by atoms with van der Waals surface area (Å²) in [6.07, 6.45) is 2.11. The highest BCUT2D eigenvalue weighted by molar-refractivity contribution is 8.01. The average molecular weight is 390 g/mol. The van der Waals surface area contributed by atoms with E-state index in [2.05, 4.69) is 39.8 Å². The van der Waals surface area contributed by atoms with Crippen LogP contribution in [0.1, 0.15) is 22.3 Å². The van der Waals surface area contributed by atoms with Gasteiger partial charge in [-0.3, -0.25) is 10.1 Å². The van der Waals surface area contributed by atoms with Gasteiger partial charge >= 0.3 is 0 Å². The highest BCUT2D eigenvalue weighted by Crippen LogP contribution is 2.26. The summed E-state index contributed by atoms with van der Waals surface area (Å²) in [4.78, 5) is 12.2. The van der Waals surface area contributed by atoms with Crippen LogP contribution in [0.25, 0.3) is 0 Å². The maximum absolute atomic E-state index is 12.2. The lowest BCUT2D eigenvalue weighted by molar-refractivity contribution is 0.102. The predicted molar refractivity (Wildman–Crippen MR) is 105 cm³/mol. The number of benzene rings is 2. The number of thioether (sulfide) groups is 1. The Labute approximate surface area is 159 Å². The molecule has 4 nitrogen and oxygen atoms in total. The van der Waals surface area contributed by atoms with Crippen molar-refractivity contribution in [3.63, 3.8) is 0 Å². The molecule has 0 aliphatic rings. The number of halogens is 1. The third-order valence-electron chi connectivity index (χ3n) is 3.39. The summed E-state index contributed by atoms with van der Waals surface area (Å²) in [5.74, 6) is 0.727. The lowest BCUT2D eigenvalue weighted by Crippen LogP contribution is -2.11. The number of nitrogens with one attached hydrogen (secondary N) is 1. The summed E-state index contributed by atoms with van der Waals surface area (Å²) in [6, 6.07) is 17.2. The van der Waals surface area contributed by atoms with E-state index < -0.39 is 0 Å². The van der Waals surface area contributed by atoms with E-state index >= 15 is 0 Å². The number of amides is 1. The van der Waals surface area contributed by atoms with Gasteiger partial charge in [0.2, 0.25) is 5.13 Å². The number of carbonyl (C=O) groups is 1. The van der Waals surface area contributed by atoms with Gasteiger partial charge in [-0.1, -0.05) is 71.1 Å². The summed E-state index contributed by atoms with van der Waals surface area (Å²) in [5, 5.41) is 11.9. The number of hydrogen-bond acceptors (Lipinski definition) is 5. The highest BCUT2D eigenvalue weighted by Gasteiger charge is 2.10. The minimum atomic E-state index is -0.237. The first kappa shape index (κ1) is 17.9. The molecule has 1 N–H and O–H groups in total. The number of nitrogens with zero attached hydrogens (tertiary/aromatic N) is 2. The molecule has 128 valence electrons. The minimum Gasteiger partial charge on any atom is -0.296 e. The van der Waals surface area contributed by atoms with Gasteiger partial charge in [0.25, 0.3) is 5.91 Å². The van der Waals surface area contributed by atoms with Gasteiger partial charge in [0.05, 0.1) is 0 Å². The van der Waals surface area contributed by atoms with Crippen LogP contribution >= 0.6 is 34.7 Å². The van der Waals surface area contributed by atoms with Crippen LogP contribution < -0.4 is 5.32 Å². The van der Waals surface area contributed by atoms with Crippen LogP contribution in [0.3, 0.4) is 0 Å². The fourth-order valence-electron chi connectivity index (χ4n) is 2.20. The molecule has 3 aromatic rings. The Hall–Kier alpha value is -1.89. The van der Waals surface area contributed by atoms with Crippen molar-refractivity contribution in [2.45, 2.75) is 17.2 Å². The number of aryl methyl sites for hydroxylation is 1. The van der Waals surface area contributed by atoms with Gasteiger partial charge in [0.15, 0.2) is 4.34 Å². The number of rotatable bonds is 7. The Morgan fingerprint density at radius 2 is 1.96 bits per heavy atom. The topological polar surface area (TPSA) is 54.9 Å². The van der Waals surface area contributed by atoms with E-state index in [0.29, 0.717) is 15.7 Å². The molecule has 1 aromatic heterocycles. The quantitative estimate of drug-likeness (QED) is 0.344. The molecular formula is C18H16ClN3OS2. The molecule has 2 aromatic carbocycles. The van der Waals surface area contributed by atoms with Gasteiger partial charge < -0.3 is 0 Å². The number of anilines is 1. The third kappa shape index (κ3) is 5.56. The fraction of sp³-hybridized carbons (Fsp3) is 0.167. The van der Waals surface area contributed by atoms with E-state index in [-0.39, 0.29) is 5.91 Å².